The number of methoxy groups -OCH3 is 2. The molecule has 8 nitrogen and oxygen atoms in total. The van der Waals surface area contributed by atoms with Crippen LogP contribution in [-0.2, 0) is 14.4 Å². The molecule has 1 aliphatic rings. The maximum Gasteiger partial charge on any atom is 0.414 e. The maximum atomic E-state index is 12.8. The molecular formula is C18H26N2O6. The maximum absolute atomic E-state index is 12.8. The van der Waals surface area contributed by atoms with Gasteiger partial charge in [-0.25, -0.2) is 9.86 Å². The second-order valence-electron chi connectivity index (χ2n) is 5.99. The standard InChI is InChI=1S/C18H26N2O6/c1-7-26-18(22)20-11(2)8-13(17(21)19(3)25-6)12-9-15(23-4)16(24-5)10-14(12)20/h9-11,13H,7-8H2,1-6H3. The van der Waals surface area contributed by atoms with Gasteiger partial charge in [-0.15, -0.1) is 0 Å². The number of fused-ring (bicyclic) bond motifs is 1. The van der Waals surface area contributed by atoms with Crippen LogP contribution in [-0.4, -0.2) is 58.1 Å². The molecule has 144 valence electrons. The van der Waals surface area contributed by atoms with Gasteiger partial charge in [0.25, 0.3) is 5.91 Å². The Labute approximate surface area is 153 Å². The Balaban J connectivity index is 2.61. The predicted octanol–water partition coefficient (Wildman–Crippen LogP) is 2.56. The lowest BCUT2D eigenvalue weighted by atomic mass is 9.85. The first-order valence-electron chi connectivity index (χ1n) is 8.43. The molecule has 0 saturated heterocycles. The molecule has 0 fully saturated rings. The van der Waals surface area contributed by atoms with E-state index in [0.29, 0.717) is 29.2 Å². The minimum atomic E-state index is -0.476. The zero-order chi connectivity index (χ0) is 19.4. The smallest absolute Gasteiger partial charge is 0.414 e. The third kappa shape index (κ3) is 3.55. The molecule has 0 saturated carbocycles. The minimum Gasteiger partial charge on any atom is -0.493 e. The van der Waals surface area contributed by atoms with Crippen molar-refractivity contribution in [2.45, 2.75) is 32.2 Å². The van der Waals surface area contributed by atoms with E-state index in [4.69, 9.17) is 19.0 Å². The van der Waals surface area contributed by atoms with Crippen LogP contribution >= 0.6 is 0 Å². The Morgan fingerprint density at radius 2 is 1.81 bits per heavy atom. The van der Waals surface area contributed by atoms with Crippen molar-refractivity contribution < 1.29 is 28.6 Å². The Morgan fingerprint density at radius 1 is 1.19 bits per heavy atom. The number of nitrogens with zero attached hydrogens (tertiary/aromatic N) is 2. The molecule has 0 aromatic heterocycles. The average molecular weight is 366 g/mol. The van der Waals surface area contributed by atoms with E-state index in [0.717, 1.165) is 0 Å². The highest BCUT2D eigenvalue weighted by Crippen LogP contribution is 2.45. The highest BCUT2D eigenvalue weighted by atomic mass is 16.7. The summed E-state index contributed by atoms with van der Waals surface area (Å²) < 4.78 is 15.9. The molecule has 2 rings (SSSR count). The van der Waals surface area contributed by atoms with Gasteiger partial charge in [0.15, 0.2) is 11.5 Å². The number of rotatable bonds is 5. The highest BCUT2D eigenvalue weighted by molar-refractivity contribution is 5.95. The van der Waals surface area contributed by atoms with Crippen molar-refractivity contribution in [3.8, 4) is 11.5 Å². The van der Waals surface area contributed by atoms with Crippen LogP contribution < -0.4 is 14.4 Å². The van der Waals surface area contributed by atoms with Crippen LogP contribution in [0.4, 0.5) is 10.5 Å². The highest BCUT2D eigenvalue weighted by Gasteiger charge is 2.40. The van der Waals surface area contributed by atoms with Gasteiger partial charge in [0.05, 0.1) is 39.5 Å². The molecule has 26 heavy (non-hydrogen) atoms. The average Bonchev–Trinajstić information content (AvgIpc) is 2.64. The number of carbonyl (C=O) groups is 2. The van der Waals surface area contributed by atoms with Gasteiger partial charge in [-0.2, -0.15) is 0 Å². The lowest BCUT2D eigenvalue weighted by Gasteiger charge is -2.39. The van der Waals surface area contributed by atoms with Crippen LogP contribution in [0.15, 0.2) is 12.1 Å². The summed E-state index contributed by atoms with van der Waals surface area (Å²) in [5.41, 5.74) is 1.24. The normalized spacial score (nSPS) is 18.8. The molecule has 2 unspecified atom stereocenters. The Bertz CT molecular complexity index is 678. The zero-order valence-electron chi connectivity index (χ0n) is 16.1. The number of hydrogen-bond acceptors (Lipinski definition) is 6. The second-order valence-corrected chi connectivity index (χ2v) is 5.99. The van der Waals surface area contributed by atoms with Crippen molar-refractivity contribution in [3.63, 3.8) is 0 Å². The molecule has 2 amide bonds. The fraction of sp³-hybridized carbons (Fsp3) is 0.556. The van der Waals surface area contributed by atoms with Gasteiger partial charge in [0.1, 0.15) is 0 Å². The van der Waals surface area contributed by atoms with E-state index in [2.05, 4.69) is 0 Å². The van der Waals surface area contributed by atoms with Crippen molar-refractivity contribution in [2.24, 2.45) is 0 Å². The van der Waals surface area contributed by atoms with Gasteiger partial charge in [0.2, 0.25) is 0 Å². The summed E-state index contributed by atoms with van der Waals surface area (Å²) in [4.78, 5) is 31.9. The molecule has 0 radical (unpaired) electrons. The van der Waals surface area contributed by atoms with Crippen LogP contribution in [0.3, 0.4) is 0 Å². The van der Waals surface area contributed by atoms with Crippen LogP contribution in [0.5, 0.6) is 11.5 Å². The molecule has 2 atom stereocenters. The van der Waals surface area contributed by atoms with Crippen molar-refractivity contribution in [3.05, 3.63) is 17.7 Å². The molecule has 0 bridgehead atoms. The van der Waals surface area contributed by atoms with Crippen LogP contribution in [0, 0.1) is 0 Å². The Morgan fingerprint density at radius 3 is 2.35 bits per heavy atom. The largest absolute Gasteiger partial charge is 0.493 e. The molecular weight excluding hydrogens is 340 g/mol. The Hall–Kier alpha value is -2.48. The van der Waals surface area contributed by atoms with E-state index in [9.17, 15) is 9.59 Å². The summed E-state index contributed by atoms with van der Waals surface area (Å²) in [6, 6.07) is 3.20. The topological polar surface area (TPSA) is 77.5 Å². The van der Waals surface area contributed by atoms with Gasteiger partial charge < -0.3 is 14.2 Å². The fourth-order valence-corrected chi connectivity index (χ4v) is 3.20. The van der Waals surface area contributed by atoms with E-state index in [1.54, 1.807) is 31.0 Å². The van der Waals surface area contributed by atoms with Crippen LogP contribution in [0.1, 0.15) is 31.7 Å². The van der Waals surface area contributed by atoms with Crippen molar-refractivity contribution >= 4 is 17.7 Å². The second kappa shape index (κ2) is 8.27. The summed E-state index contributed by atoms with van der Waals surface area (Å²) in [6.07, 6.45) is -0.0205. The lowest BCUT2D eigenvalue weighted by molar-refractivity contribution is -0.170. The first-order chi connectivity index (χ1) is 12.4. The number of likely N-dealkylation sites (N-methyl/N-ethyl adjacent to an activating group) is 1. The van der Waals surface area contributed by atoms with Crippen molar-refractivity contribution in [2.75, 3.05) is 39.9 Å². The molecule has 1 aromatic carbocycles. The molecule has 1 heterocycles. The number of anilines is 1. The Kier molecular flexibility index (Phi) is 6.31. The van der Waals surface area contributed by atoms with Gasteiger partial charge in [0, 0.05) is 19.2 Å². The number of hydrogen-bond donors (Lipinski definition) is 0. The molecule has 0 aliphatic carbocycles. The van der Waals surface area contributed by atoms with Gasteiger partial charge in [-0.05, 0) is 31.9 Å². The van der Waals surface area contributed by atoms with Crippen molar-refractivity contribution in [1.29, 1.82) is 0 Å². The lowest BCUT2D eigenvalue weighted by Crippen LogP contribution is -2.46. The van der Waals surface area contributed by atoms with E-state index in [1.807, 2.05) is 6.92 Å². The molecule has 0 N–H and O–H groups in total. The summed E-state index contributed by atoms with van der Waals surface area (Å²) in [5.74, 6) is 0.287. The number of amides is 2. The number of ether oxygens (including phenoxy) is 3. The van der Waals surface area contributed by atoms with E-state index in [1.165, 1.54) is 26.4 Å². The quantitative estimate of drug-likeness (QED) is 0.746. The summed E-state index contributed by atoms with van der Waals surface area (Å²) >= 11 is 0. The first kappa shape index (κ1) is 19.8. The summed E-state index contributed by atoms with van der Waals surface area (Å²) in [6.45, 7) is 3.89. The number of benzene rings is 1. The van der Waals surface area contributed by atoms with Gasteiger partial charge in [-0.1, -0.05) is 0 Å². The van der Waals surface area contributed by atoms with Gasteiger partial charge >= 0.3 is 6.09 Å². The van der Waals surface area contributed by atoms with E-state index in [-0.39, 0.29) is 18.6 Å². The summed E-state index contributed by atoms with van der Waals surface area (Å²) in [5, 5.41) is 1.19. The number of carbonyl (C=O) groups excluding carboxylic acids is 2. The minimum absolute atomic E-state index is 0.198. The van der Waals surface area contributed by atoms with Crippen LogP contribution in [0.25, 0.3) is 0 Å². The molecule has 0 spiro atoms. The molecule has 1 aliphatic heterocycles. The van der Waals surface area contributed by atoms with Crippen LogP contribution in [0.2, 0.25) is 0 Å². The zero-order valence-corrected chi connectivity index (χ0v) is 16.1. The third-order valence-corrected chi connectivity index (χ3v) is 4.53. The van der Waals surface area contributed by atoms with Gasteiger partial charge in [-0.3, -0.25) is 14.5 Å². The van der Waals surface area contributed by atoms with Crippen molar-refractivity contribution in [1.82, 2.24) is 5.06 Å². The third-order valence-electron chi connectivity index (χ3n) is 4.53. The SMILES string of the molecule is CCOC(=O)N1c2cc(OC)c(OC)cc2C(C(=O)N(C)OC)CC1C. The summed E-state index contributed by atoms with van der Waals surface area (Å²) in [7, 11) is 6.04. The number of hydroxylamine groups is 2. The molecule has 8 heteroatoms. The van der Waals surface area contributed by atoms with E-state index >= 15 is 0 Å². The first-order valence-corrected chi connectivity index (χ1v) is 8.43. The monoisotopic (exact) mass is 366 g/mol. The fourth-order valence-electron chi connectivity index (χ4n) is 3.20. The predicted molar refractivity (Wildman–Crippen MR) is 95.6 cm³/mol. The van der Waals surface area contributed by atoms with E-state index < -0.39 is 12.0 Å². The molecule has 1 aromatic rings.